The van der Waals surface area contributed by atoms with E-state index in [0.29, 0.717) is 36.7 Å². The summed E-state index contributed by atoms with van der Waals surface area (Å²) in [6.45, 7) is 10.5. The molecule has 2 amide bonds. The van der Waals surface area contributed by atoms with Crippen molar-refractivity contribution in [2.24, 2.45) is 0 Å². The number of aromatic nitrogens is 2. The second-order valence-electron chi connectivity index (χ2n) is 10.5. The van der Waals surface area contributed by atoms with Crippen LogP contribution in [-0.2, 0) is 4.74 Å². The monoisotopic (exact) mass is 463 g/mol. The molecular weight excluding hydrogens is 430 g/mol. The molecule has 1 saturated carbocycles. The van der Waals surface area contributed by atoms with Gasteiger partial charge in [0, 0.05) is 36.3 Å². The Morgan fingerprint density at radius 2 is 1.85 bits per heavy atom. The van der Waals surface area contributed by atoms with Crippen molar-refractivity contribution in [3.05, 3.63) is 41.1 Å². The number of nitriles is 1. The Labute approximate surface area is 200 Å². The number of ether oxygens (including phenoxy) is 1. The molecule has 0 bridgehead atoms. The molecule has 2 fully saturated rings. The van der Waals surface area contributed by atoms with Crippen LogP contribution in [0, 0.1) is 11.3 Å². The molecule has 1 atom stereocenters. The Hall–Kier alpha value is -3.34. The summed E-state index contributed by atoms with van der Waals surface area (Å²) >= 11 is 0. The van der Waals surface area contributed by atoms with E-state index >= 15 is 0 Å². The highest BCUT2D eigenvalue weighted by Crippen LogP contribution is 2.46. The maximum atomic E-state index is 13.6. The van der Waals surface area contributed by atoms with Crippen LogP contribution in [0.3, 0.4) is 0 Å². The van der Waals surface area contributed by atoms with Crippen LogP contribution in [0.2, 0.25) is 0 Å². The molecule has 1 N–H and O–H groups in total. The van der Waals surface area contributed by atoms with Gasteiger partial charge in [0.25, 0.3) is 5.91 Å². The molecule has 4 rings (SSSR count). The first-order chi connectivity index (χ1) is 16.1. The molecule has 0 radical (unpaired) electrons. The Balaban J connectivity index is 1.58. The van der Waals surface area contributed by atoms with Crippen LogP contribution in [0.4, 0.5) is 4.79 Å². The number of carbonyl (C=O) groups excluding carboxylic acids is 2. The predicted molar refractivity (Wildman–Crippen MR) is 128 cm³/mol. The van der Waals surface area contributed by atoms with E-state index in [-0.39, 0.29) is 24.1 Å². The number of carbonyl (C=O) groups is 2. The van der Waals surface area contributed by atoms with E-state index in [1.54, 1.807) is 17.0 Å². The molecule has 2 heterocycles. The zero-order valence-electron chi connectivity index (χ0n) is 20.6. The molecule has 2 aromatic rings. The molecule has 0 unspecified atom stereocenters. The summed E-state index contributed by atoms with van der Waals surface area (Å²) in [5.74, 6) is 0.153. The molecule has 34 heavy (non-hydrogen) atoms. The average molecular weight is 464 g/mol. The van der Waals surface area contributed by atoms with Crippen molar-refractivity contribution in [2.45, 2.75) is 77.5 Å². The maximum Gasteiger partial charge on any atom is 0.410 e. The van der Waals surface area contributed by atoms with E-state index < -0.39 is 5.60 Å². The van der Waals surface area contributed by atoms with Gasteiger partial charge in [0.2, 0.25) is 0 Å². The van der Waals surface area contributed by atoms with Crippen LogP contribution in [0.1, 0.15) is 87.5 Å². The first kappa shape index (κ1) is 23.8. The van der Waals surface area contributed by atoms with Gasteiger partial charge in [-0.1, -0.05) is 12.1 Å². The smallest absolute Gasteiger partial charge is 0.410 e. The molecule has 1 aromatic heterocycles. The number of hydrogen-bond acceptors (Lipinski definition) is 5. The molecular formula is C26H33N5O3. The predicted octanol–water partition coefficient (Wildman–Crippen LogP) is 4.62. The Morgan fingerprint density at radius 3 is 2.41 bits per heavy atom. The summed E-state index contributed by atoms with van der Waals surface area (Å²) in [6, 6.07) is 9.37. The molecule has 1 aliphatic carbocycles. The maximum absolute atomic E-state index is 13.6. The third kappa shape index (κ3) is 5.09. The number of likely N-dealkylation sites (tertiary alicyclic amines) is 1. The zero-order valence-corrected chi connectivity index (χ0v) is 20.6. The zero-order chi connectivity index (χ0) is 24.6. The van der Waals surface area contributed by atoms with Gasteiger partial charge >= 0.3 is 6.09 Å². The number of benzene rings is 1. The summed E-state index contributed by atoms with van der Waals surface area (Å²) in [6.07, 6.45) is 2.40. The van der Waals surface area contributed by atoms with E-state index in [4.69, 9.17) is 15.1 Å². The van der Waals surface area contributed by atoms with Gasteiger partial charge < -0.3 is 15.0 Å². The second kappa shape index (κ2) is 9.13. The van der Waals surface area contributed by atoms with Crippen LogP contribution in [0.15, 0.2) is 24.3 Å². The Morgan fingerprint density at radius 1 is 1.18 bits per heavy atom. The Bertz CT molecular complexity index is 1120. The third-order valence-electron chi connectivity index (χ3n) is 6.10. The highest BCUT2D eigenvalue weighted by atomic mass is 16.6. The van der Waals surface area contributed by atoms with Crippen molar-refractivity contribution >= 4 is 12.0 Å². The van der Waals surface area contributed by atoms with Gasteiger partial charge in [-0.2, -0.15) is 10.4 Å². The first-order valence-electron chi connectivity index (χ1n) is 12.0. The van der Waals surface area contributed by atoms with Crippen LogP contribution >= 0.6 is 0 Å². The minimum absolute atomic E-state index is 0.00669. The van der Waals surface area contributed by atoms with Crippen molar-refractivity contribution in [1.29, 1.82) is 5.26 Å². The minimum atomic E-state index is -0.552. The van der Waals surface area contributed by atoms with Crippen molar-refractivity contribution in [3.8, 4) is 17.3 Å². The van der Waals surface area contributed by atoms with Gasteiger partial charge in [0.1, 0.15) is 11.3 Å². The molecule has 0 spiro atoms. The van der Waals surface area contributed by atoms with Gasteiger partial charge in [-0.25, -0.2) is 4.79 Å². The van der Waals surface area contributed by atoms with Crippen molar-refractivity contribution in [3.63, 3.8) is 0 Å². The summed E-state index contributed by atoms with van der Waals surface area (Å²) < 4.78 is 7.29. The summed E-state index contributed by atoms with van der Waals surface area (Å²) in [5.41, 5.74) is 3.35. The molecule has 8 heteroatoms. The number of amides is 2. The highest BCUT2D eigenvalue weighted by molar-refractivity contribution is 5.96. The SMILES string of the molecule is CC(C)n1nc(-c2ccc(C#N)cc2)c(C2CC2)c1C(=O)N[C@@H]1CCN(C(=O)OC(C)(C)C)C1. The van der Waals surface area contributed by atoms with Gasteiger partial charge in [0.15, 0.2) is 0 Å². The fourth-order valence-corrected chi connectivity index (χ4v) is 4.35. The summed E-state index contributed by atoms with van der Waals surface area (Å²) in [7, 11) is 0. The number of hydrogen-bond donors (Lipinski definition) is 1. The lowest BCUT2D eigenvalue weighted by molar-refractivity contribution is 0.0290. The van der Waals surface area contributed by atoms with E-state index in [2.05, 4.69) is 11.4 Å². The topological polar surface area (TPSA) is 100 Å². The van der Waals surface area contributed by atoms with E-state index in [0.717, 1.165) is 29.7 Å². The minimum Gasteiger partial charge on any atom is -0.444 e. The lowest BCUT2D eigenvalue weighted by atomic mass is 10.0. The quantitative estimate of drug-likeness (QED) is 0.697. The fraction of sp³-hybridized carbons (Fsp3) is 0.538. The van der Waals surface area contributed by atoms with E-state index in [9.17, 15) is 9.59 Å². The van der Waals surface area contributed by atoms with Gasteiger partial charge in [-0.3, -0.25) is 9.48 Å². The van der Waals surface area contributed by atoms with Crippen LogP contribution in [0.5, 0.6) is 0 Å². The number of rotatable bonds is 5. The van der Waals surface area contributed by atoms with Gasteiger partial charge in [0.05, 0.1) is 17.3 Å². The largest absolute Gasteiger partial charge is 0.444 e. The van der Waals surface area contributed by atoms with Crippen molar-refractivity contribution in [2.75, 3.05) is 13.1 Å². The van der Waals surface area contributed by atoms with Gasteiger partial charge in [-0.05, 0) is 71.9 Å². The van der Waals surface area contributed by atoms with E-state index in [1.165, 1.54) is 0 Å². The lowest BCUT2D eigenvalue weighted by Gasteiger charge is -2.24. The number of nitrogens with one attached hydrogen (secondary N) is 1. The highest BCUT2D eigenvalue weighted by Gasteiger charge is 2.37. The summed E-state index contributed by atoms with van der Waals surface area (Å²) in [5, 5.41) is 17.2. The van der Waals surface area contributed by atoms with E-state index in [1.807, 2.05) is 51.4 Å². The fourth-order valence-electron chi connectivity index (χ4n) is 4.35. The Kier molecular flexibility index (Phi) is 6.39. The van der Waals surface area contributed by atoms with Crippen LogP contribution in [0.25, 0.3) is 11.3 Å². The molecule has 8 nitrogen and oxygen atoms in total. The number of nitrogens with zero attached hydrogens (tertiary/aromatic N) is 4. The average Bonchev–Trinajstić information content (AvgIpc) is 3.36. The lowest BCUT2D eigenvalue weighted by Crippen LogP contribution is -2.41. The normalized spacial score (nSPS) is 18.1. The molecule has 2 aliphatic rings. The molecule has 1 saturated heterocycles. The molecule has 1 aliphatic heterocycles. The van der Waals surface area contributed by atoms with Crippen molar-refractivity contribution in [1.82, 2.24) is 20.0 Å². The summed E-state index contributed by atoms with van der Waals surface area (Å²) in [4.78, 5) is 27.7. The molecule has 180 valence electrons. The first-order valence-corrected chi connectivity index (χ1v) is 12.0. The van der Waals surface area contributed by atoms with Crippen LogP contribution < -0.4 is 5.32 Å². The van der Waals surface area contributed by atoms with Gasteiger partial charge in [-0.15, -0.1) is 0 Å². The second-order valence-corrected chi connectivity index (χ2v) is 10.5. The standard InChI is InChI=1S/C26H33N5O3/c1-16(2)31-23(24(32)28-20-12-13-30(15-20)25(33)34-26(3,4)5)21(18-10-11-18)22(29-31)19-8-6-17(14-27)7-9-19/h6-9,16,18,20H,10-13,15H2,1-5H3,(H,28,32)/t20-/m1/s1. The third-order valence-corrected chi connectivity index (χ3v) is 6.10. The van der Waals surface area contributed by atoms with Crippen molar-refractivity contribution < 1.29 is 14.3 Å². The van der Waals surface area contributed by atoms with Crippen LogP contribution in [-0.4, -0.2) is 51.4 Å². The molecule has 1 aromatic carbocycles.